The predicted octanol–water partition coefficient (Wildman–Crippen LogP) is 3.66. The number of allylic oxidation sites excluding steroid dienone is 4. The van der Waals surface area contributed by atoms with E-state index in [1.807, 2.05) is 6.08 Å². The maximum absolute atomic E-state index is 13.8. The first-order valence-corrected chi connectivity index (χ1v) is 12.9. The molecular weight excluding hydrogens is 538 g/mol. The van der Waals surface area contributed by atoms with E-state index in [1.54, 1.807) is 62.4 Å². The van der Waals surface area contributed by atoms with E-state index in [-0.39, 0.29) is 30.3 Å². The summed E-state index contributed by atoms with van der Waals surface area (Å²) in [5.41, 5.74) is -0.0576. The Morgan fingerprint density at radius 3 is 2.49 bits per heavy atom. The molecule has 2 heterocycles. The van der Waals surface area contributed by atoms with Gasteiger partial charge in [0.05, 0.1) is 23.7 Å². The fourth-order valence-electron chi connectivity index (χ4n) is 6.56. The van der Waals surface area contributed by atoms with Crippen molar-refractivity contribution in [2.75, 3.05) is 0 Å². The molecule has 1 N–H and O–H groups in total. The molecule has 3 aromatic rings. The summed E-state index contributed by atoms with van der Waals surface area (Å²) in [5, 5.41) is 11.0. The van der Waals surface area contributed by atoms with Crippen molar-refractivity contribution < 1.29 is 14.7 Å². The second kappa shape index (κ2) is 8.14. The highest BCUT2D eigenvalue weighted by atomic mass is 79.9. The molecule has 6 rings (SSSR count). The Morgan fingerprint density at radius 2 is 1.76 bits per heavy atom. The Morgan fingerprint density at radius 1 is 1.03 bits per heavy atom. The van der Waals surface area contributed by atoms with Crippen molar-refractivity contribution in [1.29, 1.82) is 0 Å². The zero-order valence-corrected chi connectivity index (χ0v) is 21.8. The molecule has 2 aromatic carbocycles. The number of benzene rings is 2. The first kappa shape index (κ1) is 23.7. The van der Waals surface area contributed by atoms with Gasteiger partial charge in [0.2, 0.25) is 0 Å². The second-order valence-corrected chi connectivity index (χ2v) is 11.1. The van der Waals surface area contributed by atoms with Crippen LogP contribution in [-0.2, 0) is 16.1 Å². The summed E-state index contributed by atoms with van der Waals surface area (Å²) in [5.74, 6) is -1.75. The first-order valence-electron chi connectivity index (χ1n) is 12.1. The monoisotopic (exact) mass is 561 g/mol. The lowest BCUT2D eigenvalue weighted by Gasteiger charge is -2.52. The molecule has 1 saturated carbocycles. The third-order valence-electron chi connectivity index (χ3n) is 8.22. The van der Waals surface area contributed by atoms with Crippen LogP contribution in [0.3, 0.4) is 0 Å². The highest BCUT2D eigenvalue weighted by molar-refractivity contribution is 9.10. The number of hydrogen-bond donors (Lipinski definition) is 1. The SMILES string of the molecule is CC1=CC(=O)[C@@H]2C[C@@H]3C(=CCn4c(=O)n(-c5ccccc5)c(=O)n43)[C@H](c3cc(Br)ccc3O)[C@]2(C)C1=O. The number of aromatic hydroxyl groups is 1. The Labute approximate surface area is 220 Å². The number of aromatic nitrogens is 3. The molecule has 0 saturated heterocycles. The molecule has 1 aliphatic heterocycles. The lowest BCUT2D eigenvalue weighted by atomic mass is 9.51. The summed E-state index contributed by atoms with van der Waals surface area (Å²) in [6.45, 7) is 3.56. The van der Waals surface area contributed by atoms with Gasteiger partial charge in [-0.25, -0.2) is 23.5 Å². The zero-order chi connectivity index (χ0) is 26.2. The van der Waals surface area contributed by atoms with Crippen molar-refractivity contribution >= 4 is 27.5 Å². The van der Waals surface area contributed by atoms with Gasteiger partial charge in [-0.2, -0.15) is 0 Å². The van der Waals surface area contributed by atoms with Gasteiger partial charge in [0.1, 0.15) is 5.75 Å². The van der Waals surface area contributed by atoms with E-state index in [9.17, 15) is 24.3 Å². The van der Waals surface area contributed by atoms with Crippen LogP contribution in [0.25, 0.3) is 5.69 Å². The van der Waals surface area contributed by atoms with E-state index in [4.69, 9.17) is 0 Å². The van der Waals surface area contributed by atoms with Crippen LogP contribution >= 0.6 is 15.9 Å². The highest BCUT2D eigenvalue weighted by Gasteiger charge is 2.60. The van der Waals surface area contributed by atoms with Crippen LogP contribution in [0.1, 0.15) is 37.8 Å². The molecule has 8 nitrogen and oxygen atoms in total. The van der Waals surface area contributed by atoms with Crippen molar-refractivity contribution in [3.05, 3.63) is 103 Å². The maximum atomic E-state index is 13.8. The maximum Gasteiger partial charge on any atom is 0.352 e. The van der Waals surface area contributed by atoms with Gasteiger partial charge < -0.3 is 5.11 Å². The zero-order valence-electron chi connectivity index (χ0n) is 20.2. The number of halogens is 1. The molecule has 188 valence electrons. The van der Waals surface area contributed by atoms with E-state index in [0.717, 1.165) is 10.1 Å². The highest BCUT2D eigenvalue weighted by Crippen LogP contribution is 2.60. The smallest absolute Gasteiger partial charge is 0.352 e. The first-order chi connectivity index (χ1) is 17.6. The minimum atomic E-state index is -1.16. The molecule has 1 fully saturated rings. The molecule has 4 atom stereocenters. The summed E-state index contributed by atoms with van der Waals surface area (Å²) in [6, 6.07) is 13.1. The summed E-state index contributed by atoms with van der Waals surface area (Å²) < 4.78 is 4.66. The number of phenolic OH excluding ortho intramolecular Hbond substituents is 1. The third-order valence-corrected chi connectivity index (χ3v) is 8.71. The van der Waals surface area contributed by atoms with Crippen LogP contribution in [0, 0.1) is 11.3 Å². The standard InChI is InChI=1S/C28H24BrN3O5/c1-15-12-23(34)20-14-21-18(24(28(20,2)25(15)35)19-13-16(29)8-9-22(19)33)10-11-30-26(36)31(27(37)32(21)30)17-6-4-3-5-7-17/h3-10,12-13,20-21,24,33H,11,14H2,1-2H3/t20-,21+,24+,28+/m0/s1. The van der Waals surface area contributed by atoms with E-state index in [0.29, 0.717) is 21.3 Å². The Hall–Kier alpha value is -3.72. The number of ketones is 2. The van der Waals surface area contributed by atoms with Crippen molar-refractivity contribution in [3.63, 3.8) is 0 Å². The fourth-order valence-corrected chi connectivity index (χ4v) is 6.93. The number of fused-ring (bicyclic) bond motifs is 4. The Balaban J connectivity index is 1.62. The lowest BCUT2D eigenvalue weighted by molar-refractivity contribution is -0.139. The van der Waals surface area contributed by atoms with Crippen LogP contribution in [0.15, 0.2) is 85.9 Å². The van der Waals surface area contributed by atoms with Crippen molar-refractivity contribution in [2.24, 2.45) is 11.3 Å². The van der Waals surface area contributed by atoms with Gasteiger partial charge in [-0.15, -0.1) is 0 Å². The number of para-hydroxylation sites is 1. The van der Waals surface area contributed by atoms with Gasteiger partial charge in [0.15, 0.2) is 11.6 Å². The van der Waals surface area contributed by atoms with Crippen molar-refractivity contribution in [2.45, 2.75) is 38.8 Å². The van der Waals surface area contributed by atoms with Crippen LogP contribution in [-0.4, -0.2) is 30.6 Å². The molecule has 2 aliphatic carbocycles. The average molecular weight is 562 g/mol. The summed E-state index contributed by atoms with van der Waals surface area (Å²) in [4.78, 5) is 54.3. The normalized spacial score (nSPS) is 26.6. The summed E-state index contributed by atoms with van der Waals surface area (Å²) in [7, 11) is 0. The number of carbonyl (C=O) groups excluding carboxylic acids is 2. The molecule has 0 amide bonds. The van der Waals surface area contributed by atoms with Crippen molar-refractivity contribution in [1.82, 2.24) is 13.9 Å². The molecule has 0 bridgehead atoms. The number of Topliss-reactive ketones (excluding diaryl/α,β-unsaturated/α-hetero) is 1. The molecule has 0 spiro atoms. The van der Waals surface area contributed by atoms with Crippen LogP contribution in [0.5, 0.6) is 5.75 Å². The quantitative estimate of drug-likeness (QED) is 0.481. The number of nitrogens with zero attached hydrogens (tertiary/aromatic N) is 3. The second-order valence-electron chi connectivity index (χ2n) is 10.1. The van der Waals surface area contributed by atoms with Gasteiger partial charge in [-0.05, 0) is 60.9 Å². The van der Waals surface area contributed by atoms with Gasteiger partial charge in [0.25, 0.3) is 0 Å². The van der Waals surface area contributed by atoms with Crippen molar-refractivity contribution in [3.8, 4) is 11.4 Å². The van der Waals surface area contributed by atoms with Gasteiger partial charge in [0, 0.05) is 21.9 Å². The topological polar surface area (TPSA) is 103 Å². The Kier molecular flexibility index (Phi) is 5.21. The largest absolute Gasteiger partial charge is 0.508 e. The van der Waals surface area contributed by atoms with Gasteiger partial charge >= 0.3 is 11.4 Å². The third kappa shape index (κ3) is 3.19. The van der Waals surface area contributed by atoms with E-state index in [2.05, 4.69) is 15.9 Å². The molecular formula is C28H24BrN3O5. The van der Waals surface area contributed by atoms with Crippen LogP contribution in [0.4, 0.5) is 0 Å². The minimum Gasteiger partial charge on any atom is -0.508 e. The number of rotatable bonds is 2. The van der Waals surface area contributed by atoms with E-state index in [1.165, 1.54) is 15.4 Å². The number of hydrogen-bond acceptors (Lipinski definition) is 5. The van der Waals surface area contributed by atoms with Gasteiger partial charge in [-0.3, -0.25) is 9.59 Å². The minimum absolute atomic E-state index is 0.000605. The van der Waals surface area contributed by atoms with E-state index >= 15 is 0 Å². The molecule has 3 aliphatic rings. The summed E-state index contributed by atoms with van der Waals surface area (Å²) >= 11 is 3.47. The van der Waals surface area contributed by atoms with E-state index < -0.39 is 34.7 Å². The molecule has 1 aromatic heterocycles. The molecule has 0 unspecified atom stereocenters. The molecule has 37 heavy (non-hydrogen) atoms. The Bertz CT molecular complexity index is 1680. The average Bonchev–Trinajstić information content (AvgIpc) is 3.14. The fraction of sp³-hybridized carbons (Fsp3) is 0.286. The lowest BCUT2D eigenvalue weighted by Crippen LogP contribution is -2.54. The summed E-state index contributed by atoms with van der Waals surface area (Å²) in [6.07, 6.45) is 3.45. The number of phenols is 1. The van der Waals surface area contributed by atoms with Crippen LogP contribution < -0.4 is 11.4 Å². The predicted molar refractivity (Wildman–Crippen MR) is 140 cm³/mol. The number of carbonyl (C=O) groups is 2. The molecule has 9 heteroatoms. The van der Waals surface area contributed by atoms with Gasteiger partial charge in [-0.1, -0.05) is 47.1 Å². The molecule has 0 radical (unpaired) electrons. The van der Waals surface area contributed by atoms with Crippen LogP contribution in [0.2, 0.25) is 0 Å².